The largest absolute Gasteiger partial charge is 0.444 e. The van der Waals surface area contributed by atoms with E-state index in [9.17, 15) is 4.79 Å². The molecule has 0 bridgehead atoms. The minimum atomic E-state index is -0.418. The Kier molecular flexibility index (Phi) is 5.99. The highest BCUT2D eigenvalue weighted by molar-refractivity contribution is 5.69. The second-order valence-corrected chi connectivity index (χ2v) is 8.77. The zero-order chi connectivity index (χ0) is 17.2. The Hall–Kier alpha value is -0.770. The third kappa shape index (κ3) is 5.10. The van der Waals surface area contributed by atoms with E-state index in [-0.39, 0.29) is 6.09 Å². The molecule has 1 amide bonds. The van der Waals surface area contributed by atoms with Gasteiger partial charge in [0.05, 0.1) is 0 Å². The number of carbonyl (C=O) groups is 1. The maximum atomic E-state index is 12.6. The van der Waals surface area contributed by atoms with E-state index >= 15 is 0 Å². The first-order valence-corrected chi connectivity index (χ1v) is 9.42. The van der Waals surface area contributed by atoms with Crippen LogP contribution in [0.1, 0.15) is 73.6 Å². The van der Waals surface area contributed by atoms with Crippen molar-refractivity contribution >= 4 is 6.09 Å². The van der Waals surface area contributed by atoms with E-state index in [1.54, 1.807) is 0 Å². The van der Waals surface area contributed by atoms with Gasteiger partial charge in [-0.2, -0.15) is 0 Å². The molecule has 0 radical (unpaired) electrons. The van der Waals surface area contributed by atoms with Crippen molar-refractivity contribution in [3.8, 4) is 0 Å². The van der Waals surface area contributed by atoms with Gasteiger partial charge in [-0.25, -0.2) is 4.79 Å². The van der Waals surface area contributed by atoms with Crippen LogP contribution in [0.4, 0.5) is 4.79 Å². The lowest BCUT2D eigenvalue weighted by Gasteiger charge is -2.38. The molecular formula is C19H36N2O2. The van der Waals surface area contributed by atoms with Crippen molar-refractivity contribution in [3.05, 3.63) is 0 Å². The van der Waals surface area contributed by atoms with Crippen LogP contribution in [-0.4, -0.2) is 52.7 Å². The van der Waals surface area contributed by atoms with Gasteiger partial charge in [0, 0.05) is 18.1 Å². The third-order valence-electron chi connectivity index (χ3n) is 5.44. The van der Waals surface area contributed by atoms with Crippen LogP contribution >= 0.6 is 0 Å². The lowest BCUT2D eigenvalue weighted by atomic mass is 9.96. The van der Waals surface area contributed by atoms with Gasteiger partial charge in [-0.05, 0) is 85.7 Å². The highest BCUT2D eigenvalue weighted by Crippen LogP contribution is 2.30. The second kappa shape index (κ2) is 7.42. The number of piperidine rings is 1. The van der Waals surface area contributed by atoms with Crippen LogP contribution in [0, 0.1) is 5.92 Å². The Morgan fingerprint density at radius 2 is 1.74 bits per heavy atom. The van der Waals surface area contributed by atoms with E-state index in [1.807, 2.05) is 25.7 Å². The van der Waals surface area contributed by atoms with Gasteiger partial charge in [-0.1, -0.05) is 6.92 Å². The van der Waals surface area contributed by atoms with Crippen molar-refractivity contribution in [1.82, 2.24) is 9.80 Å². The van der Waals surface area contributed by atoms with Crippen LogP contribution in [0.5, 0.6) is 0 Å². The van der Waals surface area contributed by atoms with Gasteiger partial charge in [0.1, 0.15) is 5.60 Å². The summed E-state index contributed by atoms with van der Waals surface area (Å²) < 4.78 is 5.64. The van der Waals surface area contributed by atoms with Gasteiger partial charge in [-0.3, -0.25) is 0 Å². The van der Waals surface area contributed by atoms with Crippen LogP contribution in [0.25, 0.3) is 0 Å². The van der Waals surface area contributed by atoms with E-state index in [1.165, 1.54) is 25.9 Å². The molecule has 2 heterocycles. The van der Waals surface area contributed by atoms with E-state index in [2.05, 4.69) is 25.7 Å². The van der Waals surface area contributed by atoms with Gasteiger partial charge in [0.15, 0.2) is 0 Å². The molecule has 0 aromatic carbocycles. The van der Waals surface area contributed by atoms with Crippen molar-refractivity contribution in [1.29, 1.82) is 0 Å². The molecule has 2 fully saturated rings. The summed E-state index contributed by atoms with van der Waals surface area (Å²) in [5, 5.41) is 0. The van der Waals surface area contributed by atoms with Crippen LogP contribution in [0.3, 0.4) is 0 Å². The average Bonchev–Trinajstić information content (AvgIpc) is 2.78. The average molecular weight is 325 g/mol. The molecule has 0 aliphatic carbocycles. The highest BCUT2D eigenvalue weighted by atomic mass is 16.6. The van der Waals surface area contributed by atoms with Crippen molar-refractivity contribution in [2.45, 2.75) is 97.4 Å². The first-order chi connectivity index (χ1) is 10.7. The standard InChI is InChI=1S/C19H36N2O2/c1-14-9-11-20(12-10-14)16(3)13-17-8-7-15(2)21(17)18(22)23-19(4,5)6/h14-17H,7-13H2,1-6H3. The molecule has 2 saturated heterocycles. The molecule has 2 rings (SSSR count). The Morgan fingerprint density at radius 3 is 2.30 bits per heavy atom. The first-order valence-electron chi connectivity index (χ1n) is 9.42. The topological polar surface area (TPSA) is 32.8 Å². The van der Waals surface area contributed by atoms with Crippen molar-refractivity contribution in [2.24, 2.45) is 5.92 Å². The number of rotatable bonds is 3. The fraction of sp³-hybridized carbons (Fsp3) is 0.947. The Balaban J connectivity index is 1.93. The molecule has 23 heavy (non-hydrogen) atoms. The summed E-state index contributed by atoms with van der Waals surface area (Å²) in [6, 6.07) is 1.17. The lowest BCUT2D eigenvalue weighted by Crippen LogP contribution is -2.47. The Bertz CT molecular complexity index is 397. The summed E-state index contributed by atoms with van der Waals surface area (Å²) >= 11 is 0. The molecule has 134 valence electrons. The summed E-state index contributed by atoms with van der Waals surface area (Å²) in [6.07, 6.45) is 5.75. The SMILES string of the molecule is CC1CCN(C(C)CC2CCC(C)N2C(=O)OC(C)(C)C)CC1. The molecule has 0 aromatic heterocycles. The van der Waals surface area contributed by atoms with Crippen molar-refractivity contribution < 1.29 is 9.53 Å². The van der Waals surface area contributed by atoms with Gasteiger partial charge >= 0.3 is 6.09 Å². The van der Waals surface area contributed by atoms with Crippen LogP contribution in [-0.2, 0) is 4.74 Å². The number of likely N-dealkylation sites (tertiary alicyclic amines) is 2. The second-order valence-electron chi connectivity index (χ2n) is 8.77. The van der Waals surface area contributed by atoms with Crippen molar-refractivity contribution in [2.75, 3.05) is 13.1 Å². The molecular weight excluding hydrogens is 288 g/mol. The molecule has 3 unspecified atom stereocenters. The Labute approximate surface area is 142 Å². The molecule has 0 aromatic rings. The molecule has 4 nitrogen and oxygen atoms in total. The van der Waals surface area contributed by atoms with E-state index < -0.39 is 5.60 Å². The maximum Gasteiger partial charge on any atom is 0.410 e. The number of amides is 1. The molecule has 0 N–H and O–H groups in total. The number of carbonyl (C=O) groups excluding carboxylic acids is 1. The summed E-state index contributed by atoms with van der Waals surface area (Å²) in [4.78, 5) is 17.2. The first kappa shape index (κ1) is 18.6. The zero-order valence-electron chi connectivity index (χ0n) is 16.0. The number of nitrogens with zero attached hydrogens (tertiary/aromatic N) is 2. The number of hydrogen-bond acceptors (Lipinski definition) is 3. The lowest BCUT2D eigenvalue weighted by molar-refractivity contribution is 0.0123. The van der Waals surface area contributed by atoms with E-state index in [4.69, 9.17) is 4.74 Å². The molecule has 2 aliphatic rings. The predicted molar refractivity (Wildman–Crippen MR) is 94.6 cm³/mol. The molecule has 0 spiro atoms. The van der Waals surface area contributed by atoms with Gasteiger partial charge in [0.25, 0.3) is 0 Å². The summed E-state index contributed by atoms with van der Waals surface area (Å²) in [7, 11) is 0. The normalized spacial score (nSPS) is 28.9. The van der Waals surface area contributed by atoms with E-state index in [0.717, 1.165) is 25.2 Å². The van der Waals surface area contributed by atoms with Crippen LogP contribution in [0.15, 0.2) is 0 Å². The predicted octanol–water partition coefficient (Wildman–Crippen LogP) is 4.28. The van der Waals surface area contributed by atoms with Crippen LogP contribution < -0.4 is 0 Å². The zero-order valence-corrected chi connectivity index (χ0v) is 16.0. The third-order valence-corrected chi connectivity index (χ3v) is 5.44. The maximum absolute atomic E-state index is 12.6. The molecule has 2 aliphatic heterocycles. The summed E-state index contributed by atoms with van der Waals surface area (Å²) in [5.41, 5.74) is -0.418. The summed E-state index contributed by atoms with van der Waals surface area (Å²) in [6.45, 7) is 15.1. The number of hydrogen-bond donors (Lipinski definition) is 0. The minimum Gasteiger partial charge on any atom is -0.444 e. The highest BCUT2D eigenvalue weighted by Gasteiger charge is 2.38. The minimum absolute atomic E-state index is 0.132. The van der Waals surface area contributed by atoms with E-state index in [0.29, 0.717) is 18.1 Å². The fourth-order valence-electron chi connectivity index (χ4n) is 3.96. The van der Waals surface area contributed by atoms with Gasteiger partial charge < -0.3 is 14.5 Å². The number of ether oxygens (including phenoxy) is 1. The molecule has 3 atom stereocenters. The smallest absolute Gasteiger partial charge is 0.410 e. The summed E-state index contributed by atoms with van der Waals surface area (Å²) in [5.74, 6) is 0.864. The molecule has 0 saturated carbocycles. The van der Waals surface area contributed by atoms with Gasteiger partial charge in [-0.15, -0.1) is 0 Å². The van der Waals surface area contributed by atoms with Crippen LogP contribution in [0.2, 0.25) is 0 Å². The fourth-order valence-corrected chi connectivity index (χ4v) is 3.96. The van der Waals surface area contributed by atoms with Crippen molar-refractivity contribution in [3.63, 3.8) is 0 Å². The monoisotopic (exact) mass is 324 g/mol. The molecule has 4 heteroatoms. The Morgan fingerprint density at radius 1 is 1.13 bits per heavy atom. The van der Waals surface area contributed by atoms with Gasteiger partial charge in [0.2, 0.25) is 0 Å². The quantitative estimate of drug-likeness (QED) is 0.776.